The lowest BCUT2D eigenvalue weighted by atomic mass is 9.95. The smallest absolute Gasteiger partial charge is 0.290 e. The number of ketones is 1. The molecule has 5 rings (SSSR count). The Bertz CT molecular complexity index is 1280. The van der Waals surface area contributed by atoms with E-state index in [1.807, 2.05) is 41.5 Å². The SMILES string of the molecule is O=C(C1=C(O)C(=O)N(CCC[n+]2cc[nH]c2)C1c1cc[nH+]cc1)c1cc2ccccc2o1. The number of hydrogen-bond donors (Lipinski definition) is 2. The van der Waals surface area contributed by atoms with E-state index in [0.29, 0.717) is 25.1 Å². The van der Waals surface area contributed by atoms with Crippen molar-refractivity contribution in [2.24, 2.45) is 0 Å². The Kier molecular flexibility index (Phi) is 5.03. The second kappa shape index (κ2) is 8.14. The van der Waals surface area contributed by atoms with E-state index >= 15 is 0 Å². The number of nitrogens with zero attached hydrogens (tertiary/aromatic N) is 2. The minimum absolute atomic E-state index is 0.0366. The second-order valence-corrected chi connectivity index (χ2v) is 7.68. The average molecular weight is 430 g/mol. The van der Waals surface area contributed by atoms with Gasteiger partial charge in [0.2, 0.25) is 12.1 Å². The maximum Gasteiger partial charge on any atom is 0.290 e. The summed E-state index contributed by atoms with van der Waals surface area (Å²) in [5.41, 5.74) is 1.34. The Morgan fingerprint density at radius 2 is 2.03 bits per heavy atom. The predicted molar refractivity (Wildman–Crippen MR) is 113 cm³/mol. The highest BCUT2D eigenvalue weighted by atomic mass is 16.3. The molecule has 8 nitrogen and oxygen atoms in total. The topological polar surface area (TPSA) is 105 Å². The molecule has 0 aliphatic carbocycles. The van der Waals surface area contributed by atoms with Crippen molar-refractivity contribution in [1.29, 1.82) is 0 Å². The van der Waals surface area contributed by atoms with Crippen LogP contribution in [-0.2, 0) is 11.3 Å². The molecule has 1 aromatic carbocycles. The first-order chi connectivity index (χ1) is 15.6. The molecule has 4 heterocycles. The summed E-state index contributed by atoms with van der Waals surface area (Å²) in [6.07, 6.45) is 9.68. The van der Waals surface area contributed by atoms with Crippen molar-refractivity contribution in [2.75, 3.05) is 6.54 Å². The summed E-state index contributed by atoms with van der Waals surface area (Å²) in [4.78, 5) is 34.0. The van der Waals surface area contributed by atoms with Crippen LogP contribution in [0.25, 0.3) is 11.0 Å². The normalized spacial score (nSPS) is 16.3. The minimum Gasteiger partial charge on any atom is -0.503 e. The highest BCUT2D eigenvalue weighted by molar-refractivity contribution is 6.15. The van der Waals surface area contributed by atoms with E-state index in [0.717, 1.165) is 10.9 Å². The summed E-state index contributed by atoms with van der Waals surface area (Å²) in [5, 5.41) is 11.5. The summed E-state index contributed by atoms with van der Waals surface area (Å²) in [6, 6.07) is 11.8. The van der Waals surface area contributed by atoms with Crippen LogP contribution in [0.15, 0.2) is 89.3 Å². The van der Waals surface area contributed by atoms with E-state index in [9.17, 15) is 14.7 Å². The van der Waals surface area contributed by atoms with Crippen LogP contribution in [0.5, 0.6) is 0 Å². The van der Waals surface area contributed by atoms with Gasteiger partial charge in [-0.25, -0.2) is 9.55 Å². The Labute approximate surface area is 183 Å². The van der Waals surface area contributed by atoms with E-state index in [1.165, 1.54) is 0 Å². The second-order valence-electron chi connectivity index (χ2n) is 7.68. The number of Topliss-reactive ketones (excluding diaryl/α,β-unsaturated/α-hetero) is 1. The lowest BCUT2D eigenvalue weighted by Crippen LogP contribution is -2.36. The number of aryl methyl sites for hydroxylation is 1. The summed E-state index contributed by atoms with van der Waals surface area (Å²) in [6.45, 7) is 1.07. The number of benzene rings is 1. The minimum atomic E-state index is -0.700. The molecule has 160 valence electrons. The third-order valence-corrected chi connectivity index (χ3v) is 5.68. The Morgan fingerprint density at radius 1 is 1.22 bits per heavy atom. The number of nitrogens with one attached hydrogen (secondary N) is 2. The fraction of sp³-hybridized carbons (Fsp3) is 0.167. The van der Waals surface area contributed by atoms with Crippen LogP contribution in [0.4, 0.5) is 0 Å². The van der Waals surface area contributed by atoms with Gasteiger partial charge in [-0.1, -0.05) is 18.2 Å². The molecule has 3 N–H and O–H groups in total. The van der Waals surface area contributed by atoms with Crippen LogP contribution < -0.4 is 9.55 Å². The quantitative estimate of drug-likeness (QED) is 0.347. The van der Waals surface area contributed by atoms with Gasteiger partial charge in [0.05, 0.1) is 18.2 Å². The number of rotatable bonds is 7. The first-order valence-corrected chi connectivity index (χ1v) is 10.4. The molecule has 0 bridgehead atoms. The molecule has 0 fully saturated rings. The highest BCUT2D eigenvalue weighted by Crippen LogP contribution is 2.39. The molecule has 0 spiro atoms. The number of carbonyl (C=O) groups excluding carboxylic acids is 2. The first kappa shape index (κ1) is 19.7. The first-order valence-electron chi connectivity index (χ1n) is 10.4. The van der Waals surface area contributed by atoms with Crippen molar-refractivity contribution in [1.82, 2.24) is 9.88 Å². The van der Waals surface area contributed by atoms with Gasteiger partial charge in [-0.15, -0.1) is 0 Å². The molecule has 0 saturated heterocycles. The zero-order chi connectivity index (χ0) is 22.1. The average Bonchev–Trinajstić information content (AvgIpc) is 3.54. The van der Waals surface area contributed by atoms with Crippen LogP contribution in [0, 0.1) is 0 Å². The lowest BCUT2D eigenvalue weighted by molar-refractivity contribution is -0.695. The predicted octanol–water partition coefficient (Wildman–Crippen LogP) is 2.53. The number of furan rings is 1. The van der Waals surface area contributed by atoms with Gasteiger partial charge in [0.15, 0.2) is 23.9 Å². The molecule has 1 aliphatic rings. The zero-order valence-electron chi connectivity index (χ0n) is 17.2. The monoisotopic (exact) mass is 430 g/mol. The number of H-pyrrole nitrogens is 2. The molecule has 1 atom stereocenters. The fourth-order valence-corrected chi connectivity index (χ4v) is 4.15. The Balaban J connectivity index is 1.49. The van der Waals surface area contributed by atoms with Crippen molar-refractivity contribution in [3.8, 4) is 0 Å². The molecule has 0 saturated carbocycles. The van der Waals surface area contributed by atoms with Crippen LogP contribution in [0.2, 0.25) is 0 Å². The summed E-state index contributed by atoms with van der Waals surface area (Å²) < 4.78 is 7.71. The number of aliphatic hydroxyl groups is 1. The molecular formula is C24H22N4O4+2. The molecule has 8 heteroatoms. The van der Waals surface area contributed by atoms with Crippen LogP contribution in [-0.4, -0.2) is 33.2 Å². The van der Waals surface area contributed by atoms with Gasteiger partial charge in [0.1, 0.15) is 18.0 Å². The van der Waals surface area contributed by atoms with E-state index < -0.39 is 23.5 Å². The van der Waals surface area contributed by atoms with Crippen LogP contribution >= 0.6 is 0 Å². The van der Waals surface area contributed by atoms with Crippen molar-refractivity contribution in [3.63, 3.8) is 0 Å². The molecule has 1 aliphatic heterocycles. The number of carbonyl (C=O) groups is 2. The van der Waals surface area contributed by atoms with Gasteiger partial charge in [0.25, 0.3) is 5.91 Å². The number of para-hydroxylation sites is 1. The third kappa shape index (κ3) is 3.45. The number of fused-ring (bicyclic) bond motifs is 1. The van der Waals surface area contributed by atoms with E-state index in [4.69, 9.17) is 4.42 Å². The Morgan fingerprint density at radius 3 is 2.78 bits per heavy atom. The maximum absolute atomic E-state index is 13.5. The van der Waals surface area contributed by atoms with Crippen LogP contribution in [0.3, 0.4) is 0 Å². The summed E-state index contributed by atoms with van der Waals surface area (Å²) >= 11 is 0. The number of hydrogen-bond acceptors (Lipinski definition) is 4. The van der Waals surface area contributed by atoms with E-state index in [-0.39, 0.29) is 11.3 Å². The molecule has 1 amide bonds. The van der Waals surface area contributed by atoms with Gasteiger partial charge in [0, 0.05) is 30.5 Å². The molecule has 32 heavy (non-hydrogen) atoms. The molecule has 4 aromatic rings. The van der Waals surface area contributed by atoms with Gasteiger partial charge in [-0.05, 0) is 17.7 Å². The van der Waals surface area contributed by atoms with Crippen molar-refractivity contribution < 1.29 is 28.7 Å². The molecule has 0 radical (unpaired) electrons. The number of aromatic amines is 2. The zero-order valence-corrected chi connectivity index (χ0v) is 17.2. The van der Waals surface area contributed by atoms with Crippen molar-refractivity contribution in [3.05, 3.63) is 96.2 Å². The molecule has 3 aromatic heterocycles. The largest absolute Gasteiger partial charge is 0.503 e. The number of imidazole rings is 1. The standard InChI is InChI=1S/C24H20N4O4/c29-22(19-14-17-4-1-2-5-18(17)32-19)20-21(16-6-8-25-9-7-16)28(24(31)23(20)30)12-3-11-27-13-10-26-15-27/h1-2,4-10,13-15,21H,3,11-12H2,(H,29,30)/p+2. The van der Waals surface area contributed by atoms with Crippen LogP contribution in [0.1, 0.15) is 28.6 Å². The lowest BCUT2D eigenvalue weighted by Gasteiger charge is -2.25. The van der Waals surface area contributed by atoms with Gasteiger partial charge >= 0.3 is 0 Å². The van der Waals surface area contributed by atoms with Crippen molar-refractivity contribution in [2.45, 2.75) is 19.0 Å². The summed E-state index contributed by atoms with van der Waals surface area (Å²) in [5.74, 6) is -1.48. The van der Waals surface area contributed by atoms with E-state index in [2.05, 4.69) is 9.97 Å². The van der Waals surface area contributed by atoms with Gasteiger partial charge in [-0.2, -0.15) is 0 Å². The number of amides is 1. The number of aliphatic hydroxyl groups excluding tert-OH is 1. The van der Waals surface area contributed by atoms with Gasteiger partial charge in [-0.3, -0.25) is 14.6 Å². The molecule has 1 unspecified atom stereocenters. The highest BCUT2D eigenvalue weighted by Gasteiger charge is 2.44. The van der Waals surface area contributed by atoms with Crippen molar-refractivity contribution >= 4 is 22.7 Å². The Hall–Kier alpha value is -4.20. The number of aromatic nitrogens is 3. The van der Waals surface area contributed by atoms with Gasteiger partial charge < -0.3 is 14.4 Å². The third-order valence-electron chi connectivity index (χ3n) is 5.68. The number of pyridine rings is 1. The van der Waals surface area contributed by atoms with E-state index in [1.54, 1.807) is 41.6 Å². The summed E-state index contributed by atoms with van der Waals surface area (Å²) in [7, 11) is 0. The maximum atomic E-state index is 13.5. The fourth-order valence-electron chi connectivity index (χ4n) is 4.15. The molecular weight excluding hydrogens is 408 g/mol.